The minimum absolute atomic E-state index is 0.148. The number of nitrogens with zero attached hydrogens (tertiary/aromatic N) is 2. The lowest BCUT2D eigenvalue weighted by Crippen LogP contribution is -2.39. The van der Waals surface area contributed by atoms with Crippen LogP contribution in [-0.2, 0) is 0 Å². The number of hydrogen-bond donors (Lipinski definition) is 0. The first-order valence-electron chi connectivity index (χ1n) is 7.26. The van der Waals surface area contributed by atoms with Crippen molar-refractivity contribution in [2.75, 3.05) is 19.6 Å². The zero-order valence-corrected chi connectivity index (χ0v) is 13.1. The Labute approximate surface area is 123 Å². The van der Waals surface area contributed by atoms with Crippen molar-refractivity contribution in [3.05, 3.63) is 36.7 Å². The Morgan fingerprint density at radius 2 is 1.95 bits per heavy atom. The summed E-state index contributed by atoms with van der Waals surface area (Å²) < 4.78 is 13.0. The molecule has 1 fully saturated rings. The van der Waals surface area contributed by atoms with Crippen LogP contribution < -0.4 is 0 Å². The number of piperidine rings is 1. The molecule has 0 bridgehead atoms. The summed E-state index contributed by atoms with van der Waals surface area (Å²) in [6, 6.07) is 2.26. The van der Waals surface area contributed by atoms with Crippen LogP contribution in [0.5, 0.6) is 0 Å². The molecule has 0 aromatic rings. The number of allylic oxidation sites excluding steroid dienone is 2. The van der Waals surface area contributed by atoms with Crippen molar-refractivity contribution in [2.45, 2.75) is 40.0 Å². The summed E-state index contributed by atoms with van der Waals surface area (Å²) in [5.41, 5.74) is 0.908. The summed E-state index contributed by atoms with van der Waals surface area (Å²) in [5.74, 6) is -0.341. The molecule has 112 valence electrons. The maximum atomic E-state index is 13.0. The topological polar surface area (TPSA) is 27.0 Å². The number of hydrogen-bond acceptors (Lipinski definition) is 2. The van der Waals surface area contributed by atoms with Gasteiger partial charge < -0.3 is 0 Å². The van der Waals surface area contributed by atoms with E-state index in [2.05, 4.69) is 31.1 Å². The highest BCUT2D eigenvalue weighted by Gasteiger charge is 2.29. The average molecular weight is 278 g/mol. The highest BCUT2D eigenvalue weighted by molar-refractivity contribution is 5.23. The molecular formula is C17H27FN2. The van der Waals surface area contributed by atoms with E-state index < -0.39 is 0 Å². The maximum Gasteiger partial charge on any atom is 0.122 e. The molecule has 20 heavy (non-hydrogen) atoms. The Balaban J connectivity index is 0.00000172. The van der Waals surface area contributed by atoms with Gasteiger partial charge in [0.25, 0.3) is 0 Å². The van der Waals surface area contributed by atoms with E-state index in [1.54, 1.807) is 0 Å². The molecule has 0 aromatic heterocycles. The summed E-state index contributed by atoms with van der Waals surface area (Å²) >= 11 is 0. The number of halogens is 1. The van der Waals surface area contributed by atoms with Gasteiger partial charge in [-0.1, -0.05) is 33.9 Å². The monoisotopic (exact) mass is 278 g/mol. The molecule has 0 unspecified atom stereocenters. The molecule has 0 aliphatic carbocycles. The lowest BCUT2D eigenvalue weighted by molar-refractivity contribution is 0.130. The van der Waals surface area contributed by atoms with Crippen molar-refractivity contribution >= 4 is 0 Å². The lowest BCUT2D eigenvalue weighted by Gasteiger charge is -2.38. The minimum atomic E-state index is -0.341. The number of likely N-dealkylation sites (tertiary alicyclic amines) is 1. The molecule has 1 heterocycles. The van der Waals surface area contributed by atoms with Crippen LogP contribution in [0, 0.1) is 16.7 Å². The van der Waals surface area contributed by atoms with Gasteiger partial charge in [-0.25, -0.2) is 4.39 Å². The average Bonchev–Trinajstić information content (AvgIpc) is 2.44. The quantitative estimate of drug-likeness (QED) is 0.686. The first-order chi connectivity index (χ1) is 9.49. The van der Waals surface area contributed by atoms with Crippen LogP contribution in [0.1, 0.15) is 40.0 Å². The highest BCUT2D eigenvalue weighted by Crippen LogP contribution is 2.34. The Morgan fingerprint density at radius 3 is 2.40 bits per heavy atom. The fourth-order valence-electron chi connectivity index (χ4n) is 2.21. The van der Waals surface area contributed by atoms with Crippen LogP contribution in [0.25, 0.3) is 0 Å². The third-order valence-electron chi connectivity index (χ3n) is 3.53. The molecule has 0 radical (unpaired) electrons. The molecule has 2 nitrogen and oxygen atoms in total. The smallest absolute Gasteiger partial charge is 0.122 e. The van der Waals surface area contributed by atoms with E-state index >= 15 is 0 Å². The van der Waals surface area contributed by atoms with E-state index in [9.17, 15) is 4.39 Å². The summed E-state index contributed by atoms with van der Waals surface area (Å²) in [5, 5.41) is 8.78. The Morgan fingerprint density at radius 1 is 1.40 bits per heavy atom. The Bertz CT molecular complexity index is 382. The van der Waals surface area contributed by atoms with Crippen molar-refractivity contribution in [3.63, 3.8) is 0 Å². The van der Waals surface area contributed by atoms with Gasteiger partial charge in [-0.3, -0.25) is 4.90 Å². The molecule has 1 saturated heterocycles. The second-order valence-electron chi connectivity index (χ2n) is 5.31. The van der Waals surface area contributed by atoms with Gasteiger partial charge in [-0.2, -0.15) is 5.26 Å². The summed E-state index contributed by atoms with van der Waals surface area (Å²) in [6.45, 7) is 16.0. The highest BCUT2D eigenvalue weighted by atomic mass is 19.1. The van der Waals surface area contributed by atoms with E-state index in [0.29, 0.717) is 13.0 Å². The molecule has 0 atom stereocenters. The number of rotatable bonds is 5. The third-order valence-corrected chi connectivity index (χ3v) is 3.53. The van der Waals surface area contributed by atoms with Gasteiger partial charge >= 0.3 is 0 Å². The van der Waals surface area contributed by atoms with Crippen LogP contribution >= 0.6 is 0 Å². The van der Waals surface area contributed by atoms with Gasteiger partial charge in [0.1, 0.15) is 5.83 Å². The molecule has 0 amide bonds. The number of nitriles is 1. The lowest BCUT2D eigenvalue weighted by atomic mass is 9.78. The van der Waals surface area contributed by atoms with Gasteiger partial charge in [0, 0.05) is 13.0 Å². The normalized spacial score (nSPS) is 18.4. The zero-order chi connectivity index (χ0) is 15.6. The molecular weight excluding hydrogens is 251 g/mol. The summed E-state index contributed by atoms with van der Waals surface area (Å²) in [4.78, 5) is 2.26. The van der Waals surface area contributed by atoms with Crippen LogP contribution in [0.2, 0.25) is 0 Å². The van der Waals surface area contributed by atoms with Crippen molar-refractivity contribution in [1.29, 1.82) is 5.26 Å². The fourth-order valence-corrected chi connectivity index (χ4v) is 2.21. The molecule has 0 aromatic carbocycles. The van der Waals surface area contributed by atoms with E-state index in [-0.39, 0.29) is 11.2 Å². The van der Waals surface area contributed by atoms with Crippen LogP contribution in [-0.4, -0.2) is 24.5 Å². The standard InChI is InChI=1S/C15H21FN2.C2H6/c1-4-14(16)11-13(2)12-18-9-6-15(3,5-8-17)7-10-18;1-2/h4,11H,1-2,5-7,9-10,12H2,3H3;1-2H3/b14-11+;. The van der Waals surface area contributed by atoms with E-state index in [1.165, 1.54) is 12.2 Å². The van der Waals surface area contributed by atoms with Crippen molar-refractivity contribution in [1.82, 2.24) is 4.90 Å². The van der Waals surface area contributed by atoms with Gasteiger partial charge in [-0.05, 0) is 49.1 Å². The molecule has 1 rings (SSSR count). The van der Waals surface area contributed by atoms with E-state index in [1.807, 2.05) is 13.8 Å². The molecule has 0 saturated carbocycles. The predicted molar refractivity (Wildman–Crippen MR) is 83.9 cm³/mol. The van der Waals surface area contributed by atoms with Crippen molar-refractivity contribution in [3.8, 4) is 6.07 Å². The molecule has 1 aliphatic heterocycles. The van der Waals surface area contributed by atoms with Crippen LogP contribution in [0.4, 0.5) is 4.39 Å². The third kappa shape index (κ3) is 6.68. The van der Waals surface area contributed by atoms with Crippen molar-refractivity contribution in [2.24, 2.45) is 5.41 Å². The second-order valence-corrected chi connectivity index (χ2v) is 5.31. The SMILES string of the molecule is C=C/C(F)=C\C(=C)CN1CCC(C)(CC#N)CC1.CC. The largest absolute Gasteiger partial charge is 0.299 e. The zero-order valence-electron chi connectivity index (χ0n) is 13.1. The Hall–Kier alpha value is -1.40. The molecule has 1 aliphatic rings. The summed E-state index contributed by atoms with van der Waals surface area (Å²) in [7, 11) is 0. The molecule has 0 N–H and O–H groups in total. The predicted octanol–water partition coefficient (Wildman–Crippen LogP) is 4.62. The van der Waals surface area contributed by atoms with Crippen molar-refractivity contribution < 1.29 is 4.39 Å². The molecule has 0 spiro atoms. The second kappa shape index (κ2) is 9.50. The van der Waals surface area contributed by atoms with Gasteiger partial charge in [-0.15, -0.1) is 0 Å². The Kier molecular flexibility index (Phi) is 8.83. The fraction of sp³-hybridized carbons (Fsp3) is 0.588. The van der Waals surface area contributed by atoms with Gasteiger partial charge in [0.2, 0.25) is 0 Å². The van der Waals surface area contributed by atoms with E-state index in [4.69, 9.17) is 5.26 Å². The first-order valence-corrected chi connectivity index (χ1v) is 7.26. The van der Waals surface area contributed by atoms with Gasteiger partial charge in [0.15, 0.2) is 0 Å². The van der Waals surface area contributed by atoms with Gasteiger partial charge in [0.05, 0.1) is 6.07 Å². The first kappa shape index (κ1) is 18.6. The van der Waals surface area contributed by atoms with Crippen LogP contribution in [0.15, 0.2) is 36.7 Å². The summed E-state index contributed by atoms with van der Waals surface area (Å²) in [6.07, 6.45) is 5.26. The molecule has 3 heteroatoms. The van der Waals surface area contributed by atoms with E-state index in [0.717, 1.165) is 31.5 Å². The maximum absolute atomic E-state index is 13.0. The van der Waals surface area contributed by atoms with Crippen LogP contribution in [0.3, 0.4) is 0 Å². The minimum Gasteiger partial charge on any atom is -0.299 e.